The minimum Gasteiger partial charge on any atom is -0.258 e. The predicted octanol–water partition coefficient (Wildman–Crippen LogP) is 0.692. The molecule has 0 atom stereocenters. The fourth-order valence-electron chi connectivity index (χ4n) is 1.36. The van der Waals surface area contributed by atoms with Crippen LogP contribution in [0, 0.1) is 40.5 Å². The van der Waals surface area contributed by atoms with Gasteiger partial charge in [0.1, 0.15) is 12.6 Å². The molecule has 0 aliphatic carbocycles. The number of hydrogen-bond acceptors (Lipinski definition) is 8. The van der Waals surface area contributed by atoms with Crippen molar-refractivity contribution in [3.63, 3.8) is 0 Å². The topological polar surface area (TPSA) is 185 Å². The third-order valence-corrected chi connectivity index (χ3v) is 2.16. The molecule has 106 valence electrons. The normalized spacial score (nSPS) is 9.80. The average Bonchev–Trinajstić information content (AvgIpc) is 2.34. The van der Waals surface area contributed by atoms with Gasteiger partial charge in [0.2, 0.25) is 0 Å². The first kappa shape index (κ1) is 14.7. The van der Waals surface area contributed by atoms with Gasteiger partial charge in [0.15, 0.2) is 5.03 Å². The molecule has 1 rings (SSSR count). The zero-order chi connectivity index (χ0) is 15.4. The second-order valence-corrected chi connectivity index (χ2v) is 3.33. The number of benzene rings is 1. The molecule has 0 saturated heterocycles. The van der Waals surface area contributed by atoms with Crippen LogP contribution < -0.4 is 5.43 Å². The van der Waals surface area contributed by atoms with Crippen molar-refractivity contribution in [2.45, 2.75) is 6.54 Å². The third kappa shape index (κ3) is 3.09. The van der Waals surface area contributed by atoms with Crippen LogP contribution in [-0.2, 0) is 6.54 Å². The van der Waals surface area contributed by atoms with Gasteiger partial charge >= 0.3 is 11.4 Å². The SMILES string of the molecule is O=[N+]([O-])NCc1cc([N+](=O)[O-])c([N+](=O)[O-])cc1[N+](=O)[O-]. The third-order valence-electron chi connectivity index (χ3n) is 2.16. The number of hydrogen-bond donors (Lipinski definition) is 1. The number of nitrogens with zero attached hydrogens (tertiary/aromatic N) is 4. The highest BCUT2D eigenvalue weighted by Gasteiger charge is 2.31. The van der Waals surface area contributed by atoms with E-state index in [0.717, 1.165) is 0 Å². The van der Waals surface area contributed by atoms with Crippen LogP contribution in [0.3, 0.4) is 0 Å². The van der Waals surface area contributed by atoms with Crippen LogP contribution in [-0.4, -0.2) is 19.8 Å². The minimum absolute atomic E-state index is 0.398. The van der Waals surface area contributed by atoms with Gasteiger partial charge in [-0.1, -0.05) is 0 Å². The Kier molecular flexibility index (Phi) is 4.04. The summed E-state index contributed by atoms with van der Waals surface area (Å²) in [6.07, 6.45) is 0. The maximum atomic E-state index is 10.7. The van der Waals surface area contributed by atoms with Gasteiger partial charge in [-0.05, 0) is 0 Å². The lowest BCUT2D eigenvalue weighted by Crippen LogP contribution is -2.21. The minimum atomic E-state index is -1.14. The predicted molar refractivity (Wildman–Crippen MR) is 60.2 cm³/mol. The molecule has 0 amide bonds. The maximum Gasteiger partial charge on any atom is 0.352 e. The van der Waals surface area contributed by atoms with Crippen LogP contribution in [0.25, 0.3) is 0 Å². The zero-order valence-electron chi connectivity index (χ0n) is 9.42. The van der Waals surface area contributed by atoms with E-state index in [1.165, 1.54) is 0 Å². The van der Waals surface area contributed by atoms with Gasteiger partial charge in [-0.15, -0.1) is 5.43 Å². The van der Waals surface area contributed by atoms with E-state index in [1.807, 2.05) is 0 Å². The van der Waals surface area contributed by atoms with Crippen LogP contribution in [0.4, 0.5) is 17.1 Å². The van der Waals surface area contributed by atoms with Crippen molar-refractivity contribution in [1.82, 2.24) is 5.43 Å². The average molecular weight is 287 g/mol. The van der Waals surface area contributed by atoms with Gasteiger partial charge < -0.3 is 0 Å². The van der Waals surface area contributed by atoms with Gasteiger partial charge in [0, 0.05) is 6.07 Å². The largest absolute Gasteiger partial charge is 0.352 e. The molecule has 13 heteroatoms. The summed E-state index contributed by atoms with van der Waals surface area (Å²) in [5.74, 6) is 0. The molecule has 0 radical (unpaired) electrons. The molecule has 20 heavy (non-hydrogen) atoms. The molecule has 13 nitrogen and oxygen atoms in total. The Bertz CT molecular complexity index is 613. The summed E-state index contributed by atoms with van der Waals surface area (Å²) < 4.78 is 0. The fraction of sp³-hybridized carbons (Fsp3) is 0.143. The summed E-state index contributed by atoms with van der Waals surface area (Å²) in [6, 6.07) is 0.960. The second-order valence-electron chi connectivity index (χ2n) is 3.33. The van der Waals surface area contributed by atoms with Crippen LogP contribution in [0.5, 0.6) is 0 Å². The summed E-state index contributed by atoms with van der Waals surface area (Å²) in [7, 11) is 0. The number of hydrazine groups is 1. The Morgan fingerprint density at radius 3 is 1.65 bits per heavy atom. The number of nitro benzene ring substituents is 3. The van der Waals surface area contributed by atoms with Gasteiger partial charge in [-0.25, -0.2) is 10.1 Å². The molecular weight excluding hydrogens is 282 g/mol. The first-order valence-electron chi connectivity index (χ1n) is 4.72. The molecular formula is C7H5N5O8. The highest BCUT2D eigenvalue weighted by molar-refractivity contribution is 5.61. The summed E-state index contributed by atoms with van der Waals surface area (Å²) >= 11 is 0. The molecule has 0 bridgehead atoms. The van der Waals surface area contributed by atoms with Gasteiger partial charge in [-0.2, -0.15) is 0 Å². The summed E-state index contributed by atoms with van der Waals surface area (Å²) in [6.45, 7) is -0.692. The van der Waals surface area contributed by atoms with Crippen LogP contribution >= 0.6 is 0 Å². The molecule has 1 aromatic rings. The molecule has 0 aliphatic heterocycles. The number of nitrogens with one attached hydrogen (secondary N) is 1. The lowest BCUT2D eigenvalue weighted by atomic mass is 10.1. The molecule has 0 saturated carbocycles. The van der Waals surface area contributed by atoms with Crippen molar-refractivity contribution in [1.29, 1.82) is 0 Å². The van der Waals surface area contributed by atoms with Crippen LogP contribution in [0.1, 0.15) is 5.56 Å². The lowest BCUT2D eigenvalue weighted by Gasteiger charge is -2.02. The summed E-state index contributed by atoms with van der Waals surface area (Å²) in [5, 5.41) is 41.2. The van der Waals surface area contributed by atoms with Crippen LogP contribution in [0.15, 0.2) is 12.1 Å². The lowest BCUT2D eigenvalue weighted by molar-refractivity contribution is -0.547. The Morgan fingerprint density at radius 2 is 1.25 bits per heavy atom. The van der Waals surface area contributed by atoms with E-state index < -0.39 is 49.0 Å². The Morgan fingerprint density at radius 1 is 0.800 bits per heavy atom. The highest BCUT2D eigenvalue weighted by atomic mass is 16.7. The molecule has 1 aromatic carbocycles. The Balaban J connectivity index is 3.44. The van der Waals surface area contributed by atoms with E-state index in [-0.39, 0.29) is 0 Å². The molecule has 1 N–H and O–H groups in total. The Labute approximate surface area is 108 Å². The molecule has 0 aromatic heterocycles. The summed E-state index contributed by atoms with van der Waals surface area (Å²) in [4.78, 5) is 38.9. The van der Waals surface area contributed by atoms with E-state index >= 15 is 0 Å². The first-order chi connectivity index (χ1) is 9.23. The molecule has 0 aliphatic rings. The van der Waals surface area contributed by atoms with E-state index in [4.69, 9.17) is 0 Å². The van der Waals surface area contributed by atoms with Gasteiger partial charge in [-0.3, -0.25) is 30.3 Å². The van der Waals surface area contributed by atoms with E-state index in [9.17, 15) is 40.5 Å². The van der Waals surface area contributed by atoms with Crippen molar-refractivity contribution in [3.05, 3.63) is 58.2 Å². The fourth-order valence-corrected chi connectivity index (χ4v) is 1.36. The van der Waals surface area contributed by atoms with Gasteiger partial charge in [0.25, 0.3) is 5.69 Å². The van der Waals surface area contributed by atoms with Crippen molar-refractivity contribution < 1.29 is 19.8 Å². The smallest absolute Gasteiger partial charge is 0.258 e. The monoisotopic (exact) mass is 287 g/mol. The quantitative estimate of drug-likeness (QED) is 0.580. The molecule has 0 spiro atoms. The number of nitro groups is 4. The van der Waals surface area contributed by atoms with E-state index in [1.54, 1.807) is 5.43 Å². The molecule has 0 heterocycles. The van der Waals surface area contributed by atoms with E-state index in [0.29, 0.717) is 12.1 Å². The summed E-state index contributed by atoms with van der Waals surface area (Å²) in [5.41, 5.74) is -1.69. The second kappa shape index (κ2) is 5.51. The van der Waals surface area contributed by atoms with E-state index in [2.05, 4.69) is 0 Å². The van der Waals surface area contributed by atoms with Crippen molar-refractivity contribution in [2.75, 3.05) is 0 Å². The maximum absolute atomic E-state index is 10.7. The zero-order valence-corrected chi connectivity index (χ0v) is 9.42. The standard InChI is InChI=1S/C7H5N5O8/c13-9(14)5-2-7(11(17)18)6(10(15)16)1-4(5)3-8-12(19)20/h1-2,8H,3H2. The van der Waals surface area contributed by atoms with Crippen molar-refractivity contribution in [3.8, 4) is 0 Å². The van der Waals surface area contributed by atoms with Gasteiger partial charge in [0.05, 0.1) is 20.3 Å². The van der Waals surface area contributed by atoms with Crippen molar-refractivity contribution in [2.24, 2.45) is 0 Å². The number of rotatable bonds is 6. The Hall–Kier alpha value is -3.38. The van der Waals surface area contributed by atoms with Crippen LogP contribution in [0.2, 0.25) is 0 Å². The first-order valence-corrected chi connectivity index (χ1v) is 4.72. The molecule has 0 unspecified atom stereocenters. The van der Waals surface area contributed by atoms with Crippen molar-refractivity contribution >= 4 is 17.1 Å². The highest BCUT2D eigenvalue weighted by Crippen LogP contribution is 2.34. The molecule has 0 fully saturated rings.